The number of ether oxygens (including phenoxy) is 2. The first kappa shape index (κ1) is 24.4. The summed E-state index contributed by atoms with van der Waals surface area (Å²) < 4.78 is 10.8. The normalized spacial score (nSPS) is 12.2. The summed E-state index contributed by atoms with van der Waals surface area (Å²) in [6.07, 6.45) is -1.11. The van der Waals surface area contributed by atoms with Crippen LogP contribution < -0.4 is 15.4 Å². The van der Waals surface area contributed by atoms with Crippen LogP contribution in [-0.2, 0) is 14.3 Å². The Morgan fingerprint density at radius 3 is 2.44 bits per heavy atom. The third-order valence-electron chi connectivity index (χ3n) is 4.56. The molecule has 0 aromatic heterocycles. The molecule has 168 valence electrons. The number of hydrogen-bond acceptors (Lipinski definition) is 6. The number of benzene rings is 2. The van der Waals surface area contributed by atoms with Crippen LogP contribution in [-0.4, -0.2) is 36.5 Å². The number of nitriles is 1. The maximum Gasteiger partial charge on any atom is 0.329 e. The largest absolute Gasteiger partial charge is 0.493 e. The third-order valence-corrected chi connectivity index (χ3v) is 4.56. The van der Waals surface area contributed by atoms with Crippen molar-refractivity contribution in [1.29, 1.82) is 5.26 Å². The fraction of sp³-hybridized carbons (Fsp3) is 0.333. The van der Waals surface area contributed by atoms with Gasteiger partial charge in [-0.25, -0.2) is 4.79 Å². The Morgan fingerprint density at radius 1 is 1.06 bits per heavy atom. The van der Waals surface area contributed by atoms with Crippen LogP contribution in [0.25, 0.3) is 0 Å². The maximum atomic E-state index is 12.8. The lowest BCUT2D eigenvalue weighted by atomic mass is 10.0. The van der Waals surface area contributed by atoms with Crippen molar-refractivity contribution in [3.63, 3.8) is 0 Å². The number of nitrogens with zero attached hydrogens (tertiary/aromatic N) is 1. The number of esters is 1. The van der Waals surface area contributed by atoms with E-state index in [0.717, 1.165) is 0 Å². The van der Waals surface area contributed by atoms with E-state index in [1.165, 1.54) is 13.0 Å². The van der Waals surface area contributed by atoms with Crippen molar-refractivity contribution in [2.75, 3.05) is 11.9 Å². The van der Waals surface area contributed by atoms with Gasteiger partial charge in [0.05, 0.1) is 23.8 Å². The summed E-state index contributed by atoms with van der Waals surface area (Å²) >= 11 is 0. The molecule has 0 aliphatic carbocycles. The van der Waals surface area contributed by atoms with Crippen LogP contribution >= 0.6 is 0 Å². The fourth-order valence-corrected chi connectivity index (χ4v) is 2.86. The second-order valence-corrected chi connectivity index (χ2v) is 7.39. The van der Waals surface area contributed by atoms with E-state index in [2.05, 4.69) is 10.6 Å². The molecule has 0 unspecified atom stereocenters. The van der Waals surface area contributed by atoms with Gasteiger partial charge in [0.2, 0.25) is 0 Å². The van der Waals surface area contributed by atoms with Gasteiger partial charge < -0.3 is 20.1 Å². The molecule has 2 aromatic carbocycles. The highest BCUT2D eigenvalue weighted by Crippen LogP contribution is 2.19. The van der Waals surface area contributed by atoms with Gasteiger partial charge in [-0.3, -0.25) is 9.59 Å². The van der Waals surface area contributed by atoms with Crippen LogP contribution in [0.1, 0.15) is 43.6 Å². The predicted molar refractivity (Wildman–Crippen MR) is 119 cm³/mol. The molecule has 2 aromatic rings. The van der Waals surface area contributed by atoms with Gasteiger partial charge in [0, 0.05) is 5.69 Å². The lowest BCUT2D eigenvalue weighted by Crippen LogP contribution is -2.47. The van der Waals surface area contributed by atoms with Crippen LogP contribution in [0.15, 0.2) is 48.5 Å². The molecule has 0 aliphatic heterocycles. The maximum absolute atomic E-state index is 12.8. The Labute approximate surface area is 187 Å². The molecule has 2 atom stereocenters. The standard InChI is InChI=1S/C24H27N3O5/c1-5-31-20-12-7-6-11-19(20)23(29)27-21(15(2)3)24(30)32-16(4)22(28)26-18-10-8-9-17(13-18)14-25/h6-13,15-16,21H,5H2,1-4H3,(H,26,28)(H,27,29)/t16-,21-/m0/s1. The Morgan fingerprint density at radius 2 is 1.78 bits per heavy atom. The molecule has 0 fully saturated rings. The van der Waals surface area contributed by atoms with Gasteiger partial charge in [-0.2, -0.15) is 5.26 Å². The van der Waals surface area contributed by atoms with E-state index in [-0.39, 0.29) is 5.92 Å². The SMILES string of the molecule is CCOc1ccccc1C(=O)N[C@H](C(=O)O[C@@H](C)C(=O)Nc1cccc(C#N)c1)C(C)C. The summed E-state index contributed by atoms with van der Waals surface area (Å²) in [5.74, 6) is -1.63. The van der Waals surface area contributed by atoms with E-state index >= 15 is 0 Å². The number of carbonyl (C=O) groups excluding carboxylic acids is 3. The van der Waals surface area contributed by atoms with E-state index < -0.39 is 29.9 Å². The summed E-state index contributed by atoms with van der Waals surface area (Å²) in [6, 6.07) is 14.1. The minimum atomic E-state index is -1.11. The first-order valence-corrected chi connectivity index (χ1v) is 10.3. The average Bonchev–Trinajstić information content (AvgIpc) is 2.77. The number of anilines is 1. The summed E-state index contributed by atoms with van der Waals surface area (Å²) in [4.78, 5) is 37.9. The van der Waals surface area contributed by atoms with Gasteiger partial charge in [-0.1, -0.05) is 32.0 Å². The summed E-state index contributed by atoms with van der Waals surface area (Å²) in [5, 5.41) is 14.3. The summed E-state index contributed by atoms with van der Waals surface area (Å²) in [7, 11) is 0. The molecule has 32 heavy (non-hydrogen) atoms. The fourth-order valence-electron chi connectivity index (χ4n) is 2.86. The molecular formula is C24H27N3O5. The van der Waals surface area contributed by atoms with Gasteiger partial charge in [0.15, 0.2) is 6.10 Å². The third kappa shape index (κ3) is 6.57. The highest BCUT2D eigenvalue weighted by molar-refractivity contribution is 6.00. The molecule has 2 rings (SSSR count). The van der Waals surface area contributed by atoms with E-state index in [1.54, 1.807) is 56.3 Å². The van der Waals surface area contributed by atoms with Gasteiger partial charge in [-0.05, 0) is 50.1 Å². The monoisotopic (exact) mass is 437 g/mol. The summed E-state index contributed by atoms with van der Waals surface area (Å²) in [5.41, 5.74) is 1.11. The van der Waals surface area contributed by atoms with Gasteiger partial charge in [0.25, 0.3) is 11.8 Å². The Hall–Kier alpha value is -3.86. The zero-order valence-electron chi connectivity index (χ0n) is 18.5. The zero-order chi connectivity index (χ0) is 23.7. The number of carbonyl (C=O) groups is 3. The van der Waals surface area contributed by atoms with E-state index in [0.29, 0.717) is 29.2 Å². The Bertz CT molecular complexity index is 1010. The molecule has 8 nitrogen and oxygen atoms in total. The molecule has 2 N–H and O–H groups in total. The molecule has 8 heteroatoms. The first-order chi connectivity index (χ1) is 15.3. The number of para-hydroxylation sites is 1. The topological polar surface area (TPSA) is 118 Å². The smallest absolute Gasteiger partial charge is 0.329 e. The van der Waals surface area contributed by atoms with E-state index in [9.17, 15) is 14.4 Å². The molecule has 0 aliphatic rings. The molecular weight excluding hydrogens is 410 g/mol. The molecule has 0 radical (unpaired) electrons. The van der Waals surface area contributed by atoms with Gasteiger partial charge >= 0.3 is 5.97 Å². The zero-order valence-corrected chi connectivity index (χ0v) is 18.5. The second kappa shape index (κ2) is 11.5. The first-order valence-electron chi connectivity index (χ1n) is 10.3. The molecule has 0 bridgehead atoms. The lowest BCUT2D eigenvalue weighted by Gasteiger charge is -2.23. The van der Waals surface area contributed by atoms with Crippen molar-refractivity contribution < 1.29 is 23.9 Å². The minimum absolute atomic E-state index is 0.284. The van der Waals surface area contributed by atoms with Crippen molar-refractivity contribution in [2.24, 2.45) is 5.92 Å². The molecule has 0 spiro atoms. The number of rotatable bonds is 9. The number of amides is 2. The van der Waals surface area contributed by atoms with Crippen LogP contribution in [0, 0.1) is 17.2 Å². The number of hydrogen-bond donors (Lipinski definition) is 2. The average molecular weight is 437 g/mol. The van der Waals surface area contributed by atoms with Crippen LogP contribution in [0.2, 0.25) is 0 Å². The van der Waals surface area contributed by atoms with E-state index in [1.807, 2.05) is 13.0 Å². The van der Waals surface area contributed by atoms with E-state index in [4.69, 9.17) is 14.7 Å². The summed E-state index contributed by atoms with van der Waals surface area (Å²) in [6.45, 7) is 7.17. The van der Waals surface area contributed by atoms with Crippen molar-refractivity contribution >= 4 is 23.5 Å². The molecule has 2 amide bonds. The Kier molecular flexibility index (Phi) is 8.78. The highest BCUT2D eigenvalue weighted by atomic mass is 16.5. The van der Waals surface area contributed by atoms with Crippen molar-refractivity contribution in [3.8, 4) is 11.8 Å². The van der Waals surface area contributed by atoms with Crippen molar-refractivity contribution in [3.05, 3.63) is 59.7 Å². The number of nitrogens with one attached hydrogen (secondary N) is 2. The van der Waals surface area contributed by atoms with Gasteiger partial charge in [0.1, 0.15) is 11.8 Å². The molecule has 0 saturated heterocycles. The van der Waals surface area contributed by atoms with Gasteiger partial charge in [-0.15, -0.1) is 0 Å². The minimum Gasteiger partial charge on any atom is -0.493 e. The Balaban J connectivity index is 2.05. The van der Waals surface area contributed by atoms with Crippen molar-refractivity contribution in [2.45, 2.75) is 39.8 Å². The van der Waals surface area contributed by atoms with Crippen molar-refractivity contribution in [1.82, 2.24) is 5.32 Å². The van der Waals surface area contributed by atoms with Crippen LogP contribution in [0.4, 0.5) is 5.69 Å². The quantitative estimate of drug-likeness (QED) is 0.582. The predicted octanol–water partition coefficient (Wildman–Crippen LogP) is 3.28. The van der Waals surface area contributed by atoms with Crippen LogP contribution in [0.3, 0.4) is 0 Å². The lowest BCUT2D eigenvalue weighted by molar-refractivity contribution is -0.156. The highest BCUT2D eigenvalue weighted by Gasteiger charge is 2.30. The van der Waals surface area contributed by atoms with Crippen LogP contribution in [0.5, 0.6) is 5.75 Å². The molecule has 0 heterocycles. The second-order valence-electron chi connectivity index (χ2n) is 7.39. The molecule has 0 saturated carbocycles.